The summed E-state index contributed by atoms with van der Waals surface area (Å²) in [5, 5.41) is 13.7. The summed E-state index contributed by atoms with van der Waals surface area (Å²) in [6.45, 7) is 6.24. The molecular formula is C21H28N4O5S. The molecule has 0 radical (unpaired) electrons. The van der Waals surface area contributed by atoms with E-state index < -0.39 is 14.9 Å². The van der Waals surface area contributed by atoms with E-state index in [1.165, 1.54) is 28.6 Å². The lowest BCUT2D eigenvalue weighted by Gasteiger charge is -2.24. The number of nitro benzene ring substituents is 1. The van der Waals surface area contributed by atoms with Gasteiger partial charge in [0.05, 0.1) is 16.4 Å². The van der Waals surface area contributed by atoms with E-state index in [9.17, 15) is 23.3 Å². The molecule has 2 aromatic rings. The van der Waals surface area contributed by atoms with E-state index in [1.54, 1.807) is 50.1 Å². The Morgan fingerprint density at radius 1 is 1.13 bits per heavy atom. The van der Waals surface area contributed by atoms with Crippen molar-refractivity contribution in [3.63, 3.8) is 0 Å². The molecule has 2 rings (SSSR count). The molecule has 10 heteroatoms. The van der Waals surface area contributed by atoms with Crippen LogP contribution in [0.5, 0.6) is 0 Å². The van der Waals surface area contributed by atoms with Crippen LogP contribution in [0.3, 0.4) is 0 Å². The standard InChI is InChI=1S/C21H28N4O5S/c1-5-24(6-2)31(29,30)20-12-10-18(11-13-20)22-21(26)15-23(4)16(3)17-8-7-9-19(14-17)25(27)28/h7-14,16H,5-6,15H2,1-4H3,(H,22,26)/t16-/m0/s1. The summed E-state index contributed by atoms with van der Waals surface area (Å²) in [7, 11) is -1.80. The number of sulfonamides is 1. The largest absolute Gasteiger partial charge is 0.325 e. The molecular weight excluding hydrogens is 420 g/mol. The van der Waals surface area contributed by atoms with Gasteiger partial charge in [-0.05, 0) is 43.8 Å². The second-order valence-corrected chi connectivity index (χ2v) is 9.04. The van der Waals surface area contributed by atoms with Crippen molar-refractivity contribution in [2.75, 3.05) is 32.0 Å². The zero-order valence-corrected chi connectivity index (χ0v) is 18.9. The lowest BCUT2D eigenvalue weighted by atomic mass is 10.1. The number of likely N-dealkylation sites (N-methyl/N-ethyl adjacent to an activating group) is 1. The average Bonchev–Trinajstić information content (AvgIpc) is 2.74. The number of nitrogens with zero attached hydrogens (tertiary/aromatic N) is 3. The number of benzene rings is 2. The summed E-state index contributed by atoms with van der Waals surface area (Å²) in [4.78, 5) is 24.9. The highest BCUT2D eigenvalue weighted by molar-refractivity contribution is 7.89. The molecule has 9 nitrogen and oxygen atoms in total. The van der Waals surface area contributed by atoms with Crippen molar-refractivity contribution in [3.8, 4) is 0 Å². The van der Waals surface area contributed by atoms with Gasteiger partial charge in [-0.1, -0.05) is 26.0 Å². The van der Waals surface area contributed by atoms with Crippen LogP contribution >= 0.6 is 0 Å². The number of amides is 1. The van der Waals surface area contributed by atoms with Crippen LogP contribution in [-0.2, 0) is 14.8 Å². The van der Waals surface area contributed by atoms with Gasteiger partial charge in [0.15, 0.2) is 0 Å². The molecule has 31 heavy (non-hydrogen) atoms. The number of non-ortho nitro benzene ring substituents is 1. The van der Waals surface area contributed by atoms with Gasteiger partial charge in [0.1, 0.15) is 0 Å². The van der Waals surface area contributed by atoms with E-state index in [-0.39, 0.29) is 29.1 Å². The predicted molar refractivity (Wildman–Crippen MR) is 119 cm³/mol. The Morgan fingerprint density at radius 3 is 2.29 bits per heavy atom. The first-order valence-electron chi connectivity index (χ1n) is 9.94. The van der Waals surface area contributed by atoms with E-state index in [0.717, 1.165) is 5.56 Å². The third-order valence-corrected chi connectivity index (χ3v) is 7.16. The SMILES string of the molecule is CCN(CC)S(=O)(=O)c1ccc(NC(=O)CN(C)[C@@H](C)c2cccc([N+](=O)[O-])c2)cc1. The van der Waals surface area contributed by atoms with Crippen molar-refractivity contribution >= 4 is 27.3 Å². The summed E-state index contributed by atoms with van der Waals surface area (Å²) in [6, 6.07) is 12.1. The van der Waals surface area contributed by atoms with Crippen LogP contribution in [0.1, 0.15) is 32.4 Å². The van der Waals surface area contributed by atoms with E-state index in [1.807, 2.05) is 6.92 Å². The molecule has 1 amide bonds. The van der Waals surface area contributed by atoms with Gasteiger partial charge >= 0.3 is 0 Å². The van der Waals surface area contributed by atoms with Gasteiger partial charge in [0.2, 0.25) is 15.9 Å². The van der Waals surface area contributed by atoms with E-state index in [4.69, 9.17) is 0 Å². The molecule has 0 aliphatic rings. The second kappa shape index (κ2) is 10.5. The molecule has 0 fully saturated rings. The third-order valence-electron chi connectivity index (χ3n) is 5.10. The van der Waals surface area contributed by atoms with Crippen LogP contribution < -0.4 is 5.32 Å². The first-order chi connectivity index (χ1) is 14.6. The van der Waals surface area contributed by atoms with Crippen molar-refractivity contribution in [1.29, 1.82) is 0 Å². The van der Waals surface area contributed by atoms with Gasteiger partial charge in [-0.25, -0.2) is 8.42 Å². The lowest BCUT2D eigenvalue weighted by molar-refractivity contribution is -0.384. The van der Waals surface area contributed by atoms with Crippen molar-refractivity contribution in [3.05, 3.63) is 64.2 Å². The average molecular weight is 449 g/mol. The third kappa shape index (κ3) is 6.09. The second-order valence-electron chi connectivity index (χ2n) is 7.11. The maximum absolute atomic E-state index is 12.5. The molecule has 0 aliphatic heterocycles. The minimum atomic E-state index is -3.55. The van der Waals surface area contributed by atoms with Crippen molar-refractivity contribution in [2.45, 2.75) is 31.7 Å². The number of carbonyl (C=O) groups excluding carboxylic acids is 1. The molecule has 0 aromatic heterocycles. The molecule has 0 aliphatic carbocycles. The lowest BCUT2D eigenvalue weighted by Crippen LogP contribution is -2.32. The first kappa shape index (κ1) is 24.4. The molecule has 1 atom stereocenters. The first-order valence-corrected chi connectivity index (χ1v) is 11.4. The molecule has 0 heterocycles. The van der Waals surface area contributed by atoms with Crippen molar-refractivity contribution in [2.24, 2.45) is 0 Å². The number of anilines is 1. The number of nitrogens with one attached hydrogen (secondary N) is 1. The Hall–Kier alpha value is -2.82. The van der Waals surface area contributed by atoms with Gasteiger partial charge in [0.25, 0.3) is 5.69 Å². The van der Waals surface area contributed by atoms with Crippen molar-refractivity contribution < 1.29 is 18.1 Å². The van der Waals surface area contributed by atoms with Gasteiger partial charge in [-0.15, -0.1) is 0 Å². The Bertz CT molecular complexity index is 1020. The number of nitro groups is 1. The zero-order chi connectivity index (χ0) is 23.2. The van der Waals surface area contributed by atoms with Crippen LogP contribution in [0.15, 0.2) is 53.4 Å². The number of carbonyl (C=O) groups is 1. The molecule has 0 bridgehead atoms. The molecule has 0 saturated heterocycles. The number of rotatable bonds is 10. The highest BCUT2D eigenvalue weighted by Crippen LogP contribution is 2.23. The maximum atomic E-state index is 12.5. The van der Waals surface area contributed by atoms with Gasteiger partial charge in [0, 0.05) is 37.0 Å². The summed E-state index contributed by atoms with van der Waals surface area (Å²) in [5.74, 6) is -0.279. The topological polar surface area (TPSA) is 113 Å². The van der Waals surface area contributed by atoms with Crippen LogP contribution in [0.4, 0.5) is 11.4 Å². The smallest absolute Gasteiger partial charge is 0.269 e. The fraction of sp³-hybridized carbons (Fsp3) is 0.381. The van der Waals surface area contributed by atoms with Crippen LogP contribution in [0.2, 0.25) is 0 Å². The molecule has 2 aromatic carbocycles. The monoisotopic (exact) mass is 448 g/mol. The molecule has 168 valence electrons. The van der Waals surface area contributed by atoms with Gasteiger partial charge in [-0.3, -0.25) is 19.8 Å². The molecule has 0 saturated carbocycles. The summed E-state index contributed by atoms with van der Waals surface area (Å²) < 4.78 is 26.4. The zero-order valence-electron chi connectivity index (χ0n) is 18.1. The normalized spacial score (nSPS) is 12.7. The number of hydrogen-bond acceptors (Lipinski definition) is 6. The van der Waals surface area contributed by atoms with Gasteiger partial charge in [-0.2, -0.15) is 4.31 Å². The summed E-state index contributed by atoms with van der Waals surface area (Å²) in [6.07, 6.45) is 0. The summed E-state index contributed by atoms with van der Waals surface area (Å²) >= 11 is 0. The van der Waals surface area contributed by atoms with E-state index in [0.29, 0.717) is 18.8 Å². The van der Waals surface area contributed by atoms with Crippen LogP contribution in [0, 0.1) is 10.1 Å². The molecule has 0 spiro atoms. The Balaban J connectivity index is 2.02. The van der Waals surface area contributed by atoms with Gasteiger partial charge < -0.3 is 5.32 Å². The minimum absolute atomic E-state index is 0.00181. The van der Waals surface area contributed by atoms with Crippen LogP contribution in [0.25, 0.3) is 0 Å². The van der Waals surface area contributed by atoms with E-state index in [2.05, 4.69) is 5.32 Å². The highest BCUT2D eigenvalue weighted by atomic mass is 32.2. The summed E-state index contributed by atoms with van der Waals surface area (Å²) in [5.41, 5.74) is 1.22. The maximum Gasteiger partial charge on any atom is 0.269 e. The highest BCUT2D eigenvalue weighted by Gasteiger charge is 2.21. The fourth-order valence-corrected chi connectivity index (χ4v) is 4.60. The minimum Gasteiger partial charge on any atom is -0.325 e. The van der Waals surface area contributed by atoms with Crippen LogP contribution in [-0.4, -0.2) is 55.1 Å². The predicted octanol–water partition coefficient (Wildman–Crippen LogP) is 3.26. The Morgan fingerprint density at radius 2 is 1.74 bits per heavy atom. The molecule has 1 N–H and O–H groups in total. The van der Waals surface area contributed by atoms with E-state index >= 15 is 0 Å². The number of hydrogen-bond donors (Lipinski definition) is 1. The fourth-order valence-electron chi connectivity index (χ4n) is 3.14. The Kier molecular flexibility index (Phi) is 8.26. The Labute approximate surface area is 182 Å². The quantitative estimate of drug-likeness (QED) is 0.441. The van der Waals surface area contributed by atoms with Crippen molar-refractivity contribution in [1.82, 2.24) is 9.21 Å². The molecule has 0 unspecified atom stereocenters.